The smallest absolute Gasteiger partial charge is 0.309 e. The second-order valence-corrected chi connectivity index (χ2v) is 9.91. The fourth-order valence-electron chi connectivity index (χ4n) is 5.71. The van der Waals surface area contributed by atoms with Crippen molar-refractivity contribution >= 4 is 32.6 Å². The summed E-state index contributed by atoms with van der Waals surface area (Å²) >= 11 is 0. The van der Waals surface area contributed by atoms with Crippen LogP contribution in [0.1, 0.15) is 5.56 Å². The maximum Gasteiger partial charge on any atom is 0.416 e. The van der Waals surface area contributed by atoms with Crippen LogP contribution in [0.15, 0.2) is 109 Å². The molecule has 1 heterocycles. The highest BCUT2D eigenvalue weighted by atomic mass is 19.4. The van der Waals surface area contributed by atoms with Crippen LogP contribution >= 0.6 is 0 Å². The molecule has 42 heavy (non-hydrogen) atoms. The molecular formula is C32H18F9N. The molecule has 0 unspecified atom stereocenters. The molecule has 0 aliphatic carbocycles. The molecule has 0 spiro atoms. The number of alkyl halides is 9. The van der Waals surface area contributed by atoms with E-state index in [1.165, 1.54) is 12.1 Å². The molecule has 0 aliphatic heterocycles. The quantitative estimate of drug-likeness (QED) is 0.182. The van der Waals surface area contributed by atoms with Crippen LogP contribution in [0.4, 0.5) is 39.5 Å². The lowest BCUT2D eigenvalue weighted by atomic mass is 9.77. The van der Waals surface area contributed by atoms with Gasteiger partial charge < -0.3 is 4.57 Å². The minimum atomic E-state index is -6.70. The third kappa shape index (κ3) is 3.95. The summed E-state index contributed by atoms with van der Waals surface area (Å²) in [5, 5.41) is 1.64. The van der Waals surface area contributed by atoms with Gasteiger partial charge in [0.1, 0.15) is 0 Å². The van der Waals surface area contributed by atoms with Crippen molar-refractivity contribution in [2.75, 3.05) is 0 Å². The molecule has 0 atom stereocenters. The van der Waals surface area contributed by atoms with Crippen LogP contribution in [0.2, 0.25) is 0 Å². The normalized spacial score (nSPS) is 13.4. The Bertz CT molecular complexity index is 1910. The van der Waals surface area contributed by atoms with Gasteiger partial charge in [-0.25, -0.2) is 0 Å². The van der Waals surface area contributed by atoms with Crippen LogP contribution in [0, 0.1) is 0 Å². The monoisotopic (exact) mass is 587 g/mol. The maximum absolute atomic E-state index is 13.8. The van der Waals surface area contributed by atoms with Gasteiger partial charge in [0.15, 0.2) is 0 Å². The first kappa shape index (κ1) is 27.7. The lowest BCUT2D eigenvalue weighted by molar-refractivity contribution is -0.387. The summed E-state index contributed by atoms with van der Waals surface area (Å²) in [5.74, 6) is 0. The molecule has 214 valence electrons. The molecule has 6 rings (SSSR count). The Labute approximate surface area is 232 Å². The van der Waals surface area contributed by atoms with E-state index in [0.717, 1.165) is 28.0 Å². The van der Waals surface area contributed by atoms with E-state index in [1.54, 1.807) is 16.7 Å². The topological polar surface area (TPSA) is 4.93 Å². The maximum atomic E-state index is 13.8. The predicted molar refractivity (Wildman–Crippen MR) is 144 cm³/mol. The van der Waals surface area contributed by atoms with Crippen molar-refractivity contribution in [3.63, 3.8) is 0 Å². The van der Waals surface area contributed by atoms with Crippen LogP contribution in [0.3, 0.4) is 0 Å². The molecule has 0 radical (unpaired) electrons. The van der Waals surface area contributed by atoms with Crippen LogP contribution in [0.5, 0.6) is 0 Å². The van der Waals surface area contributed by atoms with E-state index < -0.39 is 29.5 Å². The lowest BCUT2D eigenvalue weighted by Gasteiger charge is -2.39. The molecule has 0 saturated carbocycles. The van der Waals surface area contributed by atoms with Gasteiger partial charge in [-0.15, -0.1) is 0 Å². The molecule has 0 bridgehead atoms. The Morgan fingerprint density at radius 1 is 0.429 bits per heavy atom. The average Bonchev–Trinajstić information content (AvgIpc) is 3.24. The zero-order valence-corrected chi connectivity index (χ0v) is 21.2. The molecule has 1 nitrogen and oxygen atoms in total. The molecule has 0 aliphatic rings. The minimum Gasteiger partial charge on any atom is -0.309 e. The first-order chi connectivity index (χ1) is 19.8. The van der Waals surface area contributed by atoms with Crippen molar-refractivity contribution in [1.82, 2.24) is 4.57 Å². The van der Waals surface area contributed by atoms with Crippen LogP contribution in [0.25, 0.3) is 49.4 Å². The Kier molecular flexibility index (Phi) is 6.11. The Hall–Kier alpha value is -4.47. The third-order valence-electron chi connectivity index (χ3n) is 7.59. The summed E-state index contributed by atoms with van der Waals surface area (Å²) in [6.07, 6.45) is -20.1. The van der Waals surface area contributed by atoms with Gasteiger partial charge in [-0.1, -0.05) is 78.9 Å². The van der Waals surface area contributed by atoms with E-state index in [9.17, 15) is 39.5 Å². The standard InChI is InChI=1S/C32H18F9N/c33-30(34,35)29(31(36,37)38,32(39,40)41)22-14-15-23-21(17-22)9-6-12-26(23)42-27-11-5-4-10-24(27)25-18-20(13-16-28(25)42)19-7-2-1-3-8-19/h1-18H. The number of nitrogens with zero attached hydrogens (tertiary/aromatic N) is 1. The Morgan fingerprint density at radius 2 is 1.05 bits per heavy atom. The highest BCUT2D eigenvalue weighted by molar-refractivity contribution is 6.11. The summed E-state index contributed by atoms with van der Waals surface area (Å²) in [7, 11) is 0. The van der Waals surface area contributed by atoms with Crippen LogP contribution in [-0.2, 0) is 5.41 Å². The van der Waals surface area contributed by atoms with E-state index in [-0.39, 0.29) is 16.8 Å². The second-order valence-electron chi connectivity index (χ2n) is 9.91. The summed E-state index contributed by atoms with van der Waals surface area (Å²) < 4.78 is 126. The zero-order chi connectivity index (χ0) is 30.1. The number of fused-ring (bicyclic) bond motifs is 4. The second kappa shape index (κ2) is 9.27. The minimum absolute atomic E-state index is 0.177. The fraction of sp³-hybridized carbons (Fsp3) is 0.125. The van der Waals surface area contributed by atoms with Crippen LogP contribution < -0.4 is 0 Å². The van der Waals surface area contributed by atoms with Gasteiger partial charge in [0, 0.05) is 16.2 Å². The molecular weight excluding hydrogens is 569 g/mol. The van der Waals surface area contributed by atoms with Gasteiger partial charge in [-0.2, -0.15) is 39.5 Å². The van der Waals surface area contributed by atoms with Crippen molar-refractivity contribution in [1.29, 1.82) is 0 Å². The van der Waals surface area contributed by atoms with Crippen molar-refractivity contribution in [3.8, 4) is 16.8 Å². The van der Waals surface area contributed by atoms with Gasteiger partial charge >= 0.3 is 18.5 Å². The Morgan fingerprint density at radius 3 is 1.71 bits per heavy atom. The number of rotatable bonds is 3. The zero-order valence-electron chi connectivity index (χ0n) is 21.2. The van der Waals surface area contributed by atoms with Gasteiger partial charge in [0.25, 0.3) is 5.41 Å². The van der Waals surface area contributed by atoms with Gasteiger partial charge in [0.2, 0.25) is 0 Å². The fourth-order valence-corrected chi connectivity index (χ4v) is 5.71. The van der Waals surface area contributed by atoms with Crippen molar-refractivity contribution < 1.29 is 39.5 Å². The van der Waals surface area contributed by atoms with Crippen molar-refractivity contribution in [2.45, 2.75) is 23.9 Å². The molecule has 5 aromatic carbocycles. The number of aromatic nitrogens is 1. The van der Waals surface area contributed by atoms with E-state index in [1.807, 2.05) is 66.7 Å². The number of para-hydroxylation sites is 1. The number of hydrogen-bond donors (Lipinski definition) is 0. The number of benzene rings is 5. The highest BCUT2D eigenvalue weighted by Gasteiger charge is 2.84. The van der Waals surface area contributed by atoms with E-state index in [0.29, 0.717) is 22.8 Å². The molecule has 6 aromatic rings. The molecule has 0 fully saturated rings. The lowest BCUT2D eigenvalue weighted by Crippen LogP contribution is -2.63. The summed E-state index contributed by atoms with van der Waals surface area (Å²) in [5.41, 5.74) is -4.33. The van der Waals surface area contributed by atoms with Crippen molar-refractivity contribution in [2.24, 2.45) is 0 Å². The largest absolute Gasteiger partial charge is 0.416 e. The molecule has 0 N–H and O–H groups in total. The average molecular weight is 587 g/mol. The Balaban J connectivity index is 1.62. The first-order valence-corrected chi connectivity index (χ1v) is 12.6. The SMILES string of the molecule is FC(F)(F)C(c1ccc2c(-n3c4ccccc4c4cc(-c5ccccc5)ccc43)cccc2c1)(C(F)(F)F)C(F)(F)F. The van der Waals surface area contributed by atoms with E-state index in [2.05, 4.69) is 0 Å². The predicted octanol–water partition coefficient (Wildman–Crippen LogP) is 10.5. The molecule has 10 heteroatoms. The third-order valence-corrected chi connectivity index (χ3v) is 7.59. The van der Waals surface area contributed by atoms with E-state index in [4.69, 9.17) is 0 Å². The number of halogens is 9. The van der Waals surface area contributed by atoms with Gasteiger partial charge in [-0.05, 0) is 52.4 Å². The molecule has 1 aromatic heterocycles. The van der Waals surface area contributed by atoms with E-state index >= 15 is 0 Å². The van der Waals surface area contributed by atoms with Crippen LogP contribution in [-0.4, -0.2) is 23.1 Å². The number of hydrogen-bond acceptors (Lipinski definition) is 0. The summed E-state index contributed by atoms with van der Waals surface area (Å²) in [4.78, 5) is 0. The first-order valence-electron chi connectivity index (χ1n) is 12.6. The van der Waals surface area contributed by atoms with Gasteiger partial charge in [0.05, 0.1) is 16.7 Å². The van der Waals surface area contributed by atoms with Crippen molar-refractivity contribution in [3.05, 3.63) is 115 Å². The summed E-state index contributed by atoms with van der Waals surface area (Å²) in [6.45, 7) is 0. The highest BCUT2D eigenvalue weighted by Crippen LogP contribution is 2.60. The van der Waals surface area contributed by atoms with Gasteiger partial charge in [-0.3, -0.25) is 0 Å². The molecule has 0 saturated heterocycles. The molecule has 0 amide bonds. The summed E-state index contributed by atoms with van der Waals surface area (Å²) in [6, 6.07) is 28.3.